The van der Waals surface area contributed by atoms with Crippen LogP contribution in [0.5, 0.6) is 0 Å². The molecule has 0 radical (unpaired) electrons. The lowest BCUT2D eigenvalue weighted by molar-refractivity contribution is 0.655. The van der Waals surface area contributed by atoms with Crippen LogP contribution in [0.3, 0.4) is 0 Å². The Labute approximate surface area is 95.9 Å². The predicted octanol–water partition coefficient (Wildman–Crippen LogP) is 2.26. The van der Waals surface area contributed by atoms with E-state index in [0.29, 0.717) is 0 Å². The number of aromatic nitrogens is 2. The fourth-order valence-corrected chi connectivity index (χ4v) is 1.94. The third kappa shape index (κ3) is 1.86. The third-order valence-electron chi connectivity index (χ3n) is 2.89. The van der Waals surface area contributed by atoms with E-state index in [0.717, 1.165) is 17.9 Å². The molecule has 0 aliphatic rings. The van der Waals surface area contributed by atoms with Crippen LogP contribution in [0.2, 0.25) is 0 Å². The Hall–Kier alpha value is -1.61. The maximum Gasteiger partial charge on any atom is 0.130 e. The summed E-state index contributed by atoms with van der Waals surface area (Å²) >= 11 is 0. The Morgan fingerprint density at radius 2 is 2.12 bits per heavy atom. The molecule has 0 aliphatic carbocycles. The Morgan fingerprint density at radius 3 is 2.81 bits per heavy atom. The molecule has 1 aromatic heterocycles. The smallest absolute Gasteiger partial charge is 0.130 e. The van der Waals surface area contributed by atoms with Gasteiger partial charge in [0.05, 0.1) is 6.04 Å². The SMILES string of the molecule is CCn1ccnc1C(N)c1ccccc1C. The minimum atomic E-state index is -0.142. The molecule has 84 valence electrons. The van der Waals surface area contributed by atoms with E-state index in [9.17, 15) is 0 Å². The minimum Gasteiger partial charge on any atom is -0.334 e. The molecule has 0 spiro atoms. The Morgan fingerprint density at radius 1 is 1.38 bits per heavy atom. The summed E-state index contributed by atoms with van der Waals surface area (Å²) in [6.07, 6.45) is 3.77. The second-order valence-electron chi connectivity index (χ2n) is 3.91. The summed E-state index contributed by atoms with van der Waals surface area (Å²) in [6.45, 7) is 5.07. The maximum atomic E-state index is 6.25. The van der Waals surface area contributed by atoms with Crippen LogP contribution in [0, 0.1) is 6.92 Å². The van der Waals surface area contributed by atoms with E-state index in [1.807, 2.05) is 18.3 Å². The summed E-state index contributed by atoms with van der Waals surface area (Å²) in [5.41, 5.74) is 8.61. The van der Waals surface area contributed by atoms with Gasteiger partial charge in [0.2, 0.25) is 0 Å². The van der Waals surface area contributed by atoms with E-state index >= 15 is 0 Å². The van der Waals surface area contributed by atoms with Crippen LogP contribution in [-0.2, 0) is 6.54 Å². The minimum absolute atomic E-state index is 0.142. The molecular formula is C13H17N3. The Balaban J connectivity index is 2.39. The second kappa shape index (κ2) is 4.49. The summed E-state index contributed by atoms with van der Waals surface area (Å²) < 4.78 is 2.08. The molecule has 16 heavy (non-hydrogen) atoms. The highest BCUT2D eigenvalue weighted by molar-refractivity contribution is 5.32. The van der Waals surface area contributed by atoms with E-state index in [1.165, 1.54) is 5.56 Å². The summed E-state index contributed by atoms with van der Waals surface area (Å²) in [4.78, 5) is 4.34. The van der Waals surface area contributed by atoms with Crippen molar-refractivity contribution in [2.45, 2.75) is 26.4 Å². The van der Waals surface area contributed by atoms with Crippen molar-refractivity contribution in [2.24, 2.45) is 5.73 Å². The van der Waals surface area contributed by atoms with Crippen molar-refractivity contribution in [3.63, 3.8) is 0 Å². The van der Waals surface area contributed by atoms with Crippen LogP contribution in [0.4, 0.5) is 0 Å². The van der Waals surface area contributed by atoms with Gasteiger partial charge in [-0.2, -0.15) is 0 Å². The molecule has 1 unspecified atom stereocenters. The zero-order valence-electron chi connectivity index (χ0n) is 9.72. The molecule has 3 nitrogen and oxygen atoms in total. The highest BCUT2D eigenvalue weighted by Gasteiger charge is 2.15. The molecule has 0 bridgehead atoms. The largest absolute Gasteiger partial charge is 0.334 e. The van der Waals surface area contributed by atoms with Crippen molar-refractivity contribution in [3.8, 4) is 0 Å². The standard InChI is InChI=1S/C13H17N3/c1-3-16-9-8-15-13(16)12(14)11-7-5-4-6-10(11)2/h4-9,12H,3,14H2,1-2H3. The van der Waals surface area contributed by atoms with Crippen molar-refractivity contribution in [1.29, 1.82) is 0 Å². The maximum absolute atomic E-state index is 6.25. The average molecular weight is 215 g/mol. The molecule has 1 heterocycles. The summed E-state index contributed by atoms with van der Waals surface area (Å²) in [5.74, 6) is 0.928. The molecular weight excluding hydrogens is 198 g/mol. The number of rotatable bonds is 3. The number of imidazole rings is 1. The molecule has 2 rings (SSSR count). The van der Waals surface area contributed by atoms with Crippen molar-refractivity contribution >= 4 is 0 Å². The Kier molecular flexibility index (Phi) is 3.06. The molecule has 0 saturated carbocycles. The first-order chi connectivity index (χ1) is 7.74. The number of nitrogens with zero attached hydrogens (tertiary/aromatic N) is 2. The third-order valence-corrected chi connectivity index (χ3v) is 2.89. The number of benzene rings is 1. The zero-order valence-corrected chi connectivity index (χ0v) is 9.72. The molecule has 3 heteroatoms. The van der Waals surface area contributed by atoms with Crippen LogP contribution in [0.1, 0.15) is 29.9 Å². The van der Waals surface area contributed by atoms with Crippen molar-refractivity contribution in [1.82, 2.24) is 9.55 Å². The van der Waals surface area contributed by atoms with Gasteiger partial charge in [0.15, 0.2) is 0 Å². The van der Waals surface area contributed by atoms with Gasteiger partial charge in [-0.3, -0.25) is 0 Å². The van der Waals surface area contributed by atoms with E-state index < -0.39 is 0 Å². The average Bonchev–Trinajstić information content (AvgIpc) is 2.77. The van der Waals surface area contributed by atoms with Crippen LogP contribution in [-0.4, -0.2) is 9.55 Å². The highest BCUT2D eigenvalue weighted by Crippen LogP contribution is 2.21. The molecule has 0 saturated heterocycles. The zero-order chi connectivity index (χ0) is 11.5. The summed E-state index contributed by atoms with van der Waals surface area (Å²) in [5, 5.41) is 0. The topological polar surface area (TPSA) is 43.8 Å². The quantitative estimate of drug-likeness (QED) is 0.853. The van der Waals surface area contributed by atoms with Crippen molar-refractivity contribution in [3.05, 3.63) is 53.6 Å². The van der Waals surface area contributed by atoms with Gasteiger partial charge in [-0.1, -0.05) is 24.3 Å². The molecule has 1 atom stereocenters. The molecule has 0 fully saturated rings. The molecule has 1 aromatic carbocycles. The van der Waals surface area contributed by atoms with Gasteiger partial charge < -0.3 is 10.3 Å². The van der Waals surface area contributed by atoms with E-state index in [4.69, 9.17) is 5.73 Å². The molecule has 2 aromatic rings. The Bertz CT molecular complexity index is 474. The fourth-order valence-electron chi connectivity index (χ4n) is 1.94. The lowest BCUT2D eigenvalue weighted by Crippen LogP contribution is -2.18. The summed E-state index contributed by atoms with van der Waals surface area (Å²) in [7, 11) is 0. The van der Waals surface area contributed by atoms with Gasteiger partial charge in [0.1, 0.15) is 5.82 Å². The van der Waals surface area contributed by atoms with Gasteiger partial charge in [-0.15, -0.1) is 0 Å². The number of aryl methyl sites for hydroxylation is 2. The van der Waals surface area contributed by atoms with E-state index in [1.54, 1.807) is 6.20 Å². The highest BCUT2D eigenvalue weighted by atomic mass is 15.1. The number of nitrogens with two attached hydrogens (primary N) is 1. The first-order valence-corrected chi connectivity index (χ1v) is 5.56. The normalized spacial score (nSPS) is 12.7. The van der Waals surface area contributed by atoms with Crippen LogP contribution in [0.15, 0.2) is 36.7 Å². The lowest BCUT2D eigenvalue weighted by atomic mass is 10.0. The van der Waals surface area contributed by atoms with Crippen molar-refractivity contribution < 1.29 is 0 Å². The van der Waals surface area contributed by atoms with Gasteiger partial charge in [-0.05, 0) is 25.0 Å². The predicted molar refractivity (Wildman–Crippen MR) is 65.1 cm³/mol. The van der Waals surface area contributed by atoms with E-state index in [2.05, 4.69) is 35.5 Å². The monoisotopic (exact) mass is 215 g/mol. The molecule has 2 N–H and O–H groups in total. The lowest BCUT2D eigenvalue weighted by Gasteiger charge is -2.15. The van der Waals surface area contributed by atoms with E-state index in [-0.39, 0.29) is 6.04 Å². The molecule has 0 aliphatic heterocycles. The van der Waals surface area contributed by atoms with Gasteiger partial charge in [0.25, 0.3) is 0 Å². The van der Waals surface area contributed by atoms with Crippen LogP contribution in [0.25, 0.3) is 0 Å². The first kappa shape index (κ1) is 10.9. The number of hydrogen-bond acceptors (Lipinski definition) is 2. The van der Waals surface area contributed by atoms with Crippen LogP contribution < -0.4 is 5.73 Å². The van der Waals surface area contributed by atoms with Crippen molar-refractivity contribution in [2.75, 3.05) is 0 Å². The molecule has 0 amide bonds. The summed E-state index contributed by atoms with van der Waals surface area (Å²) in [6, 6.07) is 8.04. The second-order valence-corrected chi connectivity index (χ2v) is 3.91. The van der Waals surface area contributed by atoms with Gasteiger partial charge >= 0.3 is 0 Å². The fraction of sp³-hybridized carbons (Fsp3) is 0.308. The van der Waals surface area contributed by atoms with Crippen LogP contribution >= 0.6 is 0 Å². The van der Waals surface area contributed by atoms with Gasteiger partial charge in [-0.25, -0.2) is 4.98 Å². The number of hydrogen-bond donors (Lipinski definition) is 1. The first-order valence-electron chi connectivity index (χ1n) is 5.56. The van der Waals surface area contributed by atoms with Gasteiger partial charge in [0, 0.05) is 18.9 Å².